The molecule has 1 fully saturated rings. The van der Waals surface area contributed by atoms with E-state index in [1.807, 2.05) is 6.07 Å². The zero-order valence-corrected chi connectivity index (χ0v) is 16.8. The van der Waals surface area contributed by atoms with Crippen LogP contribution in [-0.4, -0.2) is 41.6 Å². The van der Waals surface area contributed by atoms with Gasteiger partial charge >= 0.3 is 0 Å². The molecule has 2 aromatic carbocycles. The molecule has 0 unspecified atom stereocenters. The number of nitrogens with one attached hydrogen (secondary N) is 1. The molecule has 28 heavy (non-hydrogen) atoms. The average molecular weight is 404 g/mol. The van der Waals surface area contributed by atoms with Gasteiger partial charge in [0.25, 0.3) is 0 Å². The van der Waals surface area contributed by atoms with E-state index in [4.69, 9.17) is 9.47 Å². The summed E-state index contributed by atoms with van der Waals surface area (Å²) in [5.41, 5.74) is 1.58. The van der Waals surface area contributed by atoms with Crippen LogP contribution in [-0.2, 0) is 21.2 Å². The van der Waals surface area contributed by atoms with Crippen LogP contribution in [0.3, 0.4) is 0 Å². The van der Waals surface area contributed by atoms with Crippen LogP contribution in [0.15, 0.2) is 47.4 Å². The Morgan fingerprint density at radius 3 is 2.43 bits per heavy atom. The molecule has 0 bridgehead atoms. The third-order valence-electron chi connectivity index (χ3n) is 4.71. The summed E-state index contributed by atoms with van der Waals surface area (Å²) in [7, 11) is -0.496. The van der Waals surface area contributed by atoms with E-state index in [0.29, 0.717) is 30.9 Å². The summed E-state index contributed by atoms with van der Waals surface area (Å²) in [5.74, 6) is 1.44. The Morgan fingerprint density at radius 2 is 1.82 bits per heavy atom. The lowest BCUT2D eigenvalue weighted by molar-refractivity contribution is -0.117. The molecule has 0 saturated carbocycles. The summed E-state index contributed by atoms with van der Waals surface area (Å²) in [5, 5.41) is 0. The fraction of sp³-hybridized carbons (Fsp3) is 0.350. The number of anilines is 1. The molecule has 1 N–H and O–H groups in total. The molecule has 150 valence electrons. The van der Waals surface area contributed by atoms with Crippen molar-refractivity contribution in [2.45, 2.75) is 24.2 Å². The molecule has 3 rings (SSSR count). The van der Waals surface area contributed by atoms with Gasteiger partial charge in [0.1, 0.15) is 11.5 Å². The van der Waals surface area contributed by atoms with E-state index >= 15 is 0 Å². The largest absolute Gasteiger partial charge is 0.497 e. The highest BCUT2D eigenvalue weighted by Gasteiger charge is 2.22. The number of nitrogens with zero attached hydrogens (tertiary/aromatic N) is 1. The quantitative estimate of drug-likeness (QED) is 0.730. The molecule has 1 aliphatic rings. The zero-order valence-electron chi connectivity index (χ0n) is 16.0. The van der Waals surface area contributed by atoms with Gasteiger partial charge in [-0.05, 0) is 60.9 Å². The number of ether oxygens (including phenoxy) is 2. The maximum absolute atomic E-state index is 12.5. The first-order valence-electron chi connectivity index (χ1n) is 9.05. The van der Waals surface area contributed by atoms with Crippen molar-refractivity contribution >= 4 is 21.6 Å². The molecule has 0 aliphatic carbocycles. The standard InChI is InChI=1S/C20H24N2O5S/c1-26-17-7-10-19(27-2)15(14-17)11-12-21-28(24,25)18-8-5-16(6-9-18)22-13-3-4-20(22)23/h5-10,14,21H,3-4,11-13H2,1-2H3. The molecular weight excluding hydrogens is 380 g/mol. The van der Waals surface area contributed by atoms with Gasteiger partial charge in [-0.3, -0.25) is 4.79 Å². The molecule has 1 heterocycles. The Hall–Kier alpha value is -2.58. The van der Waals surface area contributed by atoms with Crippen molar-refractivity contribution in [3.63, 3.8) is 0 Å². The Bertz CT molecular complexity index is 942. The number of hydrogen-bond acceptors (Lipinski definition) is 5. The topological polar surface area (TPSA) is 84.9 Å². The fourth-order valence-electron chi connectivity index (χ4n) is 3.21. The summed E-state index contributed by atoms with van der Waals surface area (Å²) in [4.78, 5) is 13.7. The summed E-state index contributed by atoms with van der Waals surface area (Å²) in [6, 6.07) is 11.8. The second-order valence-electron chi connectivity index (χ2n) is 6.47. The highest BCUT2D eigenvalue weighted by atomic mass is 32.2. The minimum atomic E-state index is -3.65. The number of carbonyl (C=O) groups excluding carboxylic acids is 1. The van der Waals surface area contributed by atoms with Crippen LogP contribution < -0.4 is 19.1 Å². The van der Waals surface area contributed by atoms with Crippen molar-refractivity contribution in [3.05, 3.63) is 48.0 Å². The molecule has 7 nitrogen and oxygen atoms in total. The van der Waals surface area contributed by atoms with Gasteiger partial charge in [0.2, 0.25) is 15.9 Å². The summed E-state index contributed by atoms with van der Waals surface area (Å²) in [6.07, 6.45) is 1.82. The molecular formula is C20H24N2O5S. The zero-order chi connectivity index (χ0) is 20.1. The van der Waals surface area contributed by atoms with Crippen molar-refractivity contribution < 1.29 is 22.7 Å². The highest BCUT2D eigenvalue weighted by molar-refractivity contribution is 7.89. The van der Waals surface area contributed by atoms with E-state index in [1.54, 1.807) is 43.4 Å². The van der Waals surface area contributed by atoms with Crippen LogP contribution in [0.1, 0.15) is 18.4 Å². The molecule has 0 atom stereocenters. The monoisotopic (exact) mass is 404 g/mol. The maximum Gasteiger partial charge on any atom is 0.240 e. The second kappa shape index (κ2) is 8.62. The van der Waals surface area contributed by atoms with Crippen LogP contribution >= 0.6 is 0 Å². The number of benzene rings is 2. The molecule has 1 amide bonds. The average Bonchev–Trinajstić information content (AvgIpc) is 3.13. The number of hydrogen-bond donors (Lipinski definition) is 1. The van der Waals surface area contributed by atoms with Gasteiger partial charge in [0.15, 0.2) is 0 Å². The lowest BCUT2D eigenvalue weighted by Crippen LogP contribution is -2.26. The fourth-order valence-corrected chi connectivity index (χ4v) is 4.24. The minimum absolute atomic E-state index is 0.0703. The number of rotatable bonds is 8. The number of sulfonamides is 1. The van der Waals surface area contributed by atoms with Crippen LogP contribution in [0, 0.1) is 0 Å². The molecule has 0 spiro atoms. The third kappa shape index (κ3) is 4.45. The van der Waals surface area contributed by atoms with Gasteiger partial charge in [0, 0.05) is 25.2 Å². The van der Waals surface area contributed by atoms with Gasteiger partial charge in [0.05, 0.1) is 19.1 Å². The second-order valence-corrected chi connectivity index (χ2v) is 8.24. The van der Waals surface area contributed by atoms with Crippen molar-refractivity contribution in [1.29, 1.82) is 0 Å². The first-order chi connectivity index (χ1) is 13.4. The van der Waals surface area contributed by atoms with E-state index < -0.39 is 10.0 Å². The van der Waals surface area contributed by atoms with Gasteiger partial charge in [-0.15, -0.1) is 0 Å². The van der Waals surface area contributed by atoms with E-state index in [0.717, 1.165) is 17.7 Å². The highest BCUT2D eigenvalue weighted by Crippen LogP contribution is 2.25. The first-order valence-corrected chi connectivity index (χ1v) is 10.5. The molecule has 0 aromatic heterocycles. The van der Waals surface area contributed by atoms with Crippen molar-refractivity contribution in [3.8, 4) is 11.5 Å². The summed E-state index contributed by atoms with van der Waals surface area (Å²) >= 11 is 0. The molecule has 2 aromatic rings. The van der Waals surface area contributed by atoms with Gasteiger partial charge in [-0.1, -0.05) is 0 Å². The number of amides is 1. The minimum Gasteiger partial charge on any atom is -0.497 e. The van der Waals surface area contributed by atoms with E-state index in [-0.39, 0.29) is 17.3 Å². The Kier molecular flexibility index (Phi) is 6.21. The summed E-state index contributed by atoms with van der Waals surface area (Å²) < 4.78 is 38.2. The number of carbonyl (C=O) groups is 1. The van der Waals surface area contributed by atoms with E-state index in [2.05, 4.69) is 4.72 Å². The lowest BCUT2D eigenvalue weighted by atomic mass is 10.1. The first kappa shape index (κ1) is 20.2. The SMILES string of the molecule is COc1ccc(OC)c(CCNS(=O)(=O)c2ccc(N3CCCC3=O)cc2)c1. The molecule has 1 aliphatic heterocycles. The lowest BCUT2D eigenvalue weighted by Gasteiger charge is -2.16. The van der Waals surface area contributed by atoms with Crippen LogP contribution in [0.25, 0.3) is 0 Å². The van der Waals surface area contributed by atoms with Crippen LogP contribution in [0.5, 0.6) is 11.5 Å². The van der Waals surface area contributed by atoms with Crippen LogP contribution in [0.4, 0.5) is 5.69 Å². The number of methoxy groups -OCH3 is 2. The van der Waals surface area contributed by atoms with Crippen LogP contribution in [0.2, 0.25) is 0 Å². The maximum atomic E-state index is 12.5. The van der Waals surface area contributed by atoms with E-state index in [1.165, 1.54) is 12.1 Å². The third-order valence-corrected chi connectivity index (χ3v) is 6.18. The van der Waals surface area contributed by atoms with Gasteiger partial charge in [-0.25, -0.2) is 13.1 Å². The van der Waals surface area contributed by atoms with E-state index in [9.17, 15) is 13.2 Å². The van der Waals surface area contributed by atoms with Crippen molar-refractivity contribution in [2.24, 2.45) is 0 Å². The molecule has 0 radical (unpaired) electrons. The summed E-state index contributed by atoms with van der Waals surface area (Å²) in [6.45, 7) is 0.893. The van der Waals surface area contributed by atoms with Gasteiger partial charge < -0.3 is 14.4 Å². The molecule has 8 heteroatoms. The Balaban J connectivity index is 1.65. The molecule has 1 saturated heterocycles. The predicted octanol–water partition coefficient (Wildman–Crippen LogP) is 2.35. The Morgan fingerprint density at radius 1 is 1.07 bits per heavy atom. The van der Waals surface area contributed by atoms with Crippen molar-refractivity contribution in [1.82, 2.24) is 4.72 Å². The van der Waals surface area contributed by atoms with Crippen molar-refractivity contribution in [2.75, 3.05) is 32.2 Å². The predicted molar refractivity (Wildman–Crippen MR) is 106 cm³/mol. The smallest absolute Gasteiger partial charge is 0.240 e. The van der Waals surface area contributed by atoms with Gasteiger partial charge in [-0.2, -0.15) is 0 Å². The Labute approximate surface area is 165 Å². The normalized spacial score (nSPS) is 14.4.